The maximum absolute atomic E-state index is 11.7. The number of aromatic nitrogens is 3. The second kappa shape index (κ2) is 5.58. The molecular formula is C10H15N5O3. The predicted molar refractivity (Wildman–Crippen MR) is 61.8 cm³/mol. The molecule has 1 unspecified atom stereocenters. The quantitative estimate of drug-likeness (QED) is 0.607. The highest BCUT2D eigenvalue weighted by molar-refractivity contribution is 5.93. The van der Waals surface area contributed by atoms with Gasteiger partial charge in [0.2, 0.25) is 11.9 Å². The van der Waals surface area contributed by atoms with Crippen LogP contribution < -0.4 is 10.6 Å². The molecule has 0 bridgehead atoms. The molecule has 2 rings (SSSR count). The Morgan fingerprint density at radius 1 is 1.56 bits per heavy atom. The van der Waals surface area contributed by atoms with Crippen molar-refractivity contribution in [3.8, 4) is 0 Å². The molecule has 0 aliphatic carbocycles. The van der Waals surface area contributed by atoms with Gasteiger partial charge in [0.15, 0.2) is 0 Å². The van der Waals surface area contributed by atoms with Crippen molar-refractivity contribution < 1.29 is 14.3 Å². The molecule has 1 saturated heterocycles. The first kappa shape index (κ1) is 12.5. The third kappa shape index (κ3) is 3.04. The Hall–Kier alpha value is -1.96. The van der Waals surface area contributed by atoms with Gasteiger partial charge in [0.25, 0.3) is 0 Å². The Bertz CT molecular complexity index is 438. The van der Waals surface area contributed by atoms with Gasteiger partial charge in [-0.15, -0.1) is 5.10 Å². The van der Waals surface area contributed by atoms with Gasteiger partial charge >= 0.3 is 5.97 Å². The van der Waals surface area contributed by atoms with E-state index in [9.17, 15) is 9.59 Å². The average Bonchev–Trinajstić information content (AvgIpc) is 3.00. The topological polar surface area (TPSA) is 109 Å². The minimum atomic E-state index is -0.415. The average molecular weight is 253 g/mol. The lowest BCUT2D eigenvalue weighted by Crippen LogP contribution is -2.35. The summed E-state index contributed by atoms with van der Waals surface area (Å²) in [7, 11) is 1.30. The van der Waals surface area contributed by atoms with Gasteiger partial charge in [-0.1, -0.05) is 0 Å². The predicted octanol–water partition coefficient (Wildman–Crippen LogP) is -0.789. The van der Waals surface area contributed by atoms with Crippen LogP contribution in [0.1, 0.15) is 18.7 Å². The Labute approximate surface area is 103 Å². The van der Waals surface area contributed by atoms with Gasteiger partial charge in [0.1, 0.15) is 12.2 Å². The summed E-state index contributed by atoms with van der Waals surface area (Å²) in [6, 6.07) is -0.187. The molecule has 1 aromatic rings. The Kier molecular flexibility index (Phi) is 3.88. The van der Waals surface area contributed by atoms with Crippen LogP contribution in [-0.2, 0) is 20.7 Å². The van der Waals surface area contributed by atoms with Crippen LogP contribution in [0, 0.1) is 0 Å². The molecule has 8 heteroatoms. The van der Waals surface area contributed by atoms with Crippen molar-refractivity contribution in [2.24, 2.45) is 0 Å². The van der Waals surface area contributed by atoms with Crippen LogP contribution in [0.25, 0.3) is 0 Å². The number of carbonyl (C=O) groups is 2. The number of hydrogen-bond donors (Lipinski definition) is 3. The Balaban J connectivity index is 1.89. The molecule has 0 aromatic carbocycles. The molecule has 18 heavy (non-hydrogen) atoms. The summed E-state index contributed by atoms with van der Waals surface area (Å²) >= 11 is 0. The highest BCUT2D eigenvalue weighted by Gasteiger charge is 2.23. The molecule has 2 heterocycles. The highest BCUT2D eigenvalue weighted by atomic mass is 16.5. The number of H-pyrrole nitrogens is 1. The van der Waals surface area contributed by atoms with E-state index in [4.69, 9.17) is 0 Å². The number of anilines is 1. The van der Waals surface area contributed by atoms with Gasteiger partial charge < -0.3 is 10.1 Å². The minimum absolute atomic E-state index is 0.00104. The lowest BCUT2D eigenvalue weighted by Gasteiger charge is -2.07. The SMILES string of the molecule is COC(=O)Cc1nc(NC(=O)C2CCCN2)n[nH]1. The largest absolute Gasteiger partial charge is 0.469 e. The number of rotatable bonds is 4. The molecule has 98 valence electrons. The first-order valence-corrected chi connectivity index (χ1v) is 5.71. The third-order valence-electron chi connectivity index (χ3n) is 2.68. The van der Waals surface area contributed by atoms with E-state index in [-0.39, 0.29) is 24.3 Å². The summed E-state index contributed by atoms with van der Waals surface area (Å²) in [6.45, 7) is 0.847. The van der Waals surface area contributed by atoms with Crippen molar-refractivity contribution in [1.82, 2.24) is 20.5 Å². The molecule has 0 radical (unpaired) electrons. The van der Waals surface area contributed by atoms with Crippen molar-refractivity contribution in [1.29, 1.82) is 0 Å². The van der Waals surface area contributed by atoms with Gasteiger partial charge in [0, 0.05) is 0 Å². The fraction of sp³-hybridized carbons (Fsp3) is 0.600. The zero-order valence-corrected chi connectivity index (χ0v) is 10.0. The number of carbonyl (C=O) groups excluding carboxylic acids is 2. The first-order valence-electron chi connectivity index (χ1n) is 5.71. The van der Waals surface area contributed by atoms with Crippen molar-refractivity contribution in [3.05, 3.63) is 5.82 Å². The summed E-state index contributed by atoms with van der Waals surface area (Å²) in [5, 5.41) is 12.0. The summed E-state index contributed by atoms with van der Waals surface area (Å²) < 4.78 is 4.50. The molecular weight excluding hydrogens is 238 g/mol. The fourth-order valence-corrected chi connectivity index (χ4v) is 1.74. The number of esters is 1. The van der Waals surface area contributed by atoms with Gasteiger partial charge in [-0.25, -0.2) is 0 Å². The van der Waals surface area contributed by atoms with Gasteiger partial charge in [-0.3, -0.25) is 20.0 Å². The van der Waals surface area contributed by atoms with Crippen molar-refractivity contribution >= 4 is 17.8 Å². The van der Waals surface area contributed by atoms with Crippen LogP contribution in [-0.4, -0.2) is 46.8 Å². The van der Waals surface area contributed by atoms with E-state index < -0.39 is 5.97 Å². The van der Waals surface area contributed by atoms with Crippen LogP contribution in [0.3, 0.4) is 0 Å². The number of aromatic amines is 1. The van der Waals surface area contributed by atoms with Crippen LogP contribution >= 0.6 is 0 Å². The zero-order valence-electron chi connectivity index (χ0n) is 10.0. The molecule has 3 N–H and O–H groups in total. The van der Waals surface area contributed by atoms with Gasteiger partial charge in [0.05, 0.1) is 13.2 Å². The first-order chi connectivity index (χ1) is 8.69. The van der Waals surface area contributed by atoms with Crippen molar-refractivity contribution in [2.75, 3.05) is 19.0 Å². The van der Waals surface area contributed by atoms with E-state index in [1.165, 1.54) is 7.11 Å². The Morgan fingerprint density at radius 2 is 2.39 bits per heavy atom. The van der Waals surface area contributed by atoms with Crippen LogP contribution in [0.5, 0.6) is 0 Å². The van der Waals surface area contributed by atoms with Crippen LogP contribution in [0.4, 0.5) is 5.95 Å². The van der Waals surface area contributed by atoms with Crippen molar-refractivity contribution in [3.63, 3.8) is 0 Å². The molecule has 1 atom stereocenters. The second-order valence-corrected chi connectivity index (χ2v) is 4.00. The zero-order chi connectivity index (χ0) is 13.0. The summed E-state index contributed by atoms with van der Waals surface area (Å²) in [4.78, 5) is 26.7. The van der Waals surface area contributed by atoms with E-state index in [1.54, 1.807) is 0 Å². The number of methoxy groups -OCH3 is 1. The smallest absolute Gasteiger partial charge is 0.313 e. The van der Waals surface area contributed by atoms with E-state index >= 15 is 0 Å². The Morgan fingerprint density at radius 3 is 3.06 bits per heavy atom. The maximum atomic E-state index is 11.7. The number of amides is 1. The number of ether oxygens (including phenoxy) is 1. The normalized spacial score (nSPS) is 18.6. The number of nitrogens with zero attached hydrogens (tertiary/aromatic N) is 2. The third-order valence-corrected chi connectivity index (χ3v) is 2.68. The number of nitrogens with one attached hydrogen (secondary N) is 3. The molecule has 1 aromatic heterocycles. The van der Waals surface area contributed by atoms with Gasteiger partial charge in [-0.05, 0) is 19.4 Å². The second-order valence-electron chi connectivity index (χ2n) is 4.00. The van der Waals surface area contributed by atoms with E-state index in [0.29, 0.717) is 5.82 Å². The monoisotopic (exact) mass is 253 g/mol. The number of hydrogen-bond acceptors (Lipinski definition) is 6. The van der Waals surface area contributed by atoms with Crippen LogP contribution in [0.15, 0.2) is 0 Å². The van der Waals surface area contributed by atoms with Crippen molar-refractivity contribution in [2.45, 2.75) is 25.3 Å². The summed E-state index contributed by atoms with van der Waals surface area (Å²) in [6.07, 6.45) is 1.80. The molecule has 1 amide bonds. The summed E-state index contributed by atoms with van der Waals surface area (Å²) in [5.74, 6) is -0.0401. The van der Waals surface area contributed by atoms with E-state index in [1.807, 2.05) is 0 Å². The fourth-order valence-electron chi connectivity index (χ4n) is 1.74. The van der Waals surface area contributed by atoms with Gasteiger partial charge in [-0.2, -0.15) is 4.98 Å². The van der Waals surface area contributed by atoms with E-state index in [0.717, 1.165) is 19.4 Å². The lowest BCUT2D eigenvalue weighted by molar-refractivity contribution is -0.139. The molecule has 0 saturated carbocycles. The molecule has 1 aliphatic rings. The molecule has 8 nitrogen and oxygen atoms in total. The molecule has 1 fully saturated rings. The van der Waals surface area contributed by atoms with E-state index in [2.05, 4.69) is 30.6 Å². The molecule has 1 aliphatic heterocycles. The standard InChI is InChI=1S/C10H15N5O3/c1-18-8(16)5-7-12-10(15-14-7)13-9(17)6-3-2-4-11-6/h6,11H,2-5H2,1H3,(H2,12,13,14,15,17). The summed E-state index contributed by atoms with van der Waals surface area (Å²) in [5.41, 5.74) is 0. The highest BCUT2D eigenvalue weighted by Crippen LogP contribution is 2.07. The molecule has 0 spiro atoms. The maximum Gasteiger partial charge on any atom is 0.313 e. The lowest BCUT2D eigenvalue weighted by atomic mass is 10.2. The minimum Gasteiger partial charge on any atom is -0.469 e. The van der Waals surface area contributed by atoms with Crippen LogP contribution in [0.2, 0.25) is 0 Å².